The first-order valence-electron chi connectivity index (χ1n) is 11.5. The molecule has 36 heavy (non-hydrogen) atoms. The molecule has 0 spiro atoms. The van der Waals surface area contributed by atoms with Gasteiger partial charge in [0.25, 0.3) is 11.1 Å². The normalized spacial score (nSPS) is 19.1. The minimum absolute atomic E-state index is 0.0602. The minimum atomic E-state index is -0.387. The molecule has 0 saturated carbocycles. The Balaban J connectivity index is 1.35. The number of ether oxygens (including phenoxy) is 1. The zero-order valence-electron chi connectivity index (χ0n) is 19.2. The van der Waals surface area contributed by atoms with E-state index in [9.17, 15) is 14.4 Å². The molecule has 10 heteroatoms. The van der Waals surface area contributed by atoms with Crippen molar-refractivity contribution in [2.45, 2.75) is 32.0 Å². The highest BCUT2D eigenvalue weighted by Crippen LogP contribution is 2.36. The van der Waals surface area contributed by atoms with E-state index in [1.807, 2.05) is 35.0 Å². The summed E-state index contributed by atoms with van der Waals surface area (Å²) in [5.74, 6) is -0.500. The lowest BCUT2D eigenvalue weighted by molar-refractivity contribution is -0.123. The van der Waals surface area contributed by atoms with Crippen molar-refractivity contribution in [3.63, 3.8) is 0 Å². The van der Waals surface area contributed by atoms with Gasteiger partial charge in [0.1, 0.15) is 6.54 Å². The molecule has 5 rings (SSSR count). The Bertz CT molecular complexity index is 1380. The third-order valence-corrected chi connectivity index (χ3v) is 7.68. The Kier molecular flexibility index (Phi) is 7.39. The number of fused-ring (bicyclic) bond motifs is 1. The maximum Gasteiger partial charge on any atom is 0.293 e. The van der Waals surface area contributed by atoms with Crippen molar-refractivity contribution < 1.29 is 19.1 Å². The summed E-state index contributed by atoms with van der Waals surface area (Å²) in [4.78, 5) is 39.8. The second-order valence-electron chi connectivity index (χ2n) is 8.67. The molecule has 0 radical (unpaired) electrons. The molecule has 7 nitrogen and oxygen atoms in total. The number of aromatic nitrogens is 1. The highest BCUT2D eigenvalue weighted by Gasteiger charge is 2.35. The lowest BCUT2D eigenvalue weighted by Crippen LogP contribution is -2.34. The average molecular weight is 544 g/mol. The van der Waals surface area contributed by atoms with E-state index >= 15 is 0 Å². The number of hydrogen-bond acceptors (Lipinski definition) is 5. The van der Waals surface area contributed by atoms with E-state index in [0.29, 0.717) is 27.1 Å². The lowest BCUT2D eigenvalue weighted by atomic mass is 10.1. The summed E-state index contributed by atoms with van der Waals surface area (Å²) >= 11 is 13.1. The van der Waals surface area contributed by atoms with E-state index < -0.39 is 0 Å². The smallest absolute Gasteiger partial charge is 0.293 e. The number of benzene rings is 2. The fraction of sp³-hybridized carbons (Fsp3) is 0.269. The van der Waals surface area contributed by atoms with Crippen LogP contribution in [0.1, 0.15) is 24.0 Å². The molecule has 0 aliphatic carbocycles. The summed E-state index contributed by atoms with van der Waals surface area (Å²) in [6, 6.07) is 12.6. The summed E-state index contributed by atoms with van der Waals surface area (Å²) in [5, 5.41) is 4.34. The van der Waals surface area contributed by atoms with Crippen LogP contribution in [-0.2, 0) is 27.4 Å². The SMILES string of the molecule is O=C(Cn1cc(/C=C2\SC(=O)N(Cc3ccc(Cl)cc3Cl)C2=O)c2ccccc21)NC[C@H]1CCCO1. The maximum atomic E-state index is 13.1. The van der Waals surface area contributed by atoms with Gasteiger partial charge in [-0.05, 0) is 54.4 Å². The number of para-hydroxylation sites is 1. The van der Waals surface area contributed by atoms with E-state index in [1.54, 1.807) is 24.3 Å². The van der Waals surface area contributed by atoms with Gasteiger partial charge in [-0.1, -0.05) is 47.5 Å². The van der Waals surface area contributed by atoms with Crippen LogP contribution in [0.15, 0.2) is 53.6 Å². The van der Waals surface area contributed by atoms with E-state index in [4.69, 9.17) is 27.9 Å². The van der Waals surface area contributed by atoms with Gasteiger partial charge in [-0.2, -0.15) is 0 Å². The molecular formula is C26H23Cl2N3O4S. The van der Waals surface area contributed by atoms with Gasteiger partial charge in [-0.3, -0.25) is 19.3 Å². The number of rotatable bonds is 7. The number of thioether (sulfide) groups is 1. The van der Waals surface area contributed by atoms with Crippen molar-refractivity contribution in [1.82, 2.24) is 14.8 Å². The van der Waals surface area contributed by atoms with Gasteiger partial charge < -0.3 is 14.6 Å². The maximum absolute atomic E-state index is 13.1. The summed E-state index contributed by atoms with van der Waals surface area (Å²) in [6.07, 6.45) is 5.59. The largest absolute Gasteiger partial charge is 0.376 e. The molecular weight excluding hydrogens is 521 g/mol. The summed E-state index contributed by atoms with van der Waals surface area (Å²) < 4.78 is 7.42. The summed E-state index contributed by atoms with van der Waals surface area (Å²) in [5.41, 5.74) is 2.26. The number of halogens is 2. The van der Waals surface area contributed by atoms with Crippen molar-refractivity contribution in [3.05, 3.63) is 74.7 Å². The van der Waals surface area contributed by atoms with Gasteiger partial charge in [-0.25, -0.2) is 0 Å². The highest BCUT2D eigenvalue weighted by atomic mass is 35.5. The molecule has 1 N–H and O–H groups in total. The van der Waals surface area contributed by atoms with Crippen LogP contribution < -0.4 is 5.32 Å². The van der Waals surface area contributed by atoms with E-state index in [2.05, 4.69) is 5.32 Å². The summed E-state index contributed by atoms with van der Waals surface area (Å²) in [6.45, 7) is 1.43. The number of nitrogens with one attached hydrogen (secondary N) is 1. The Morgan fingerprint density at radius 2 is 2.03 bits per heavy atom. The molecule has 3 aromatic rings. The monoisotopic (exact) mass is 543 g/mol. The van der Waals surface area contributed by atoms with Gasteiger partial charge >= 0.3 is 0 Å². The van der Waals surface area contributed by atoms with Crippen LogP contribution in [0.2, 0.25) is 10.0 Å². The molecule has 0 bridgehead atoms. The van der Waals surface area contributed by atoms with Gasteiger partial charge in [0.2, 0.25) is 5.91 Å². The third kappa shape index (κ3) is 5.32. The first-order valence-corrected chi connectivity index (χ1v) is 13.1. The molecule has 2 aliphatic heterocycles. The van der Waals surface area contributed by atoms with Gasteiger partial charge in [0.15, 0.2) is 0 Å². The number of carbonyl (C=O) groups is 3. The lowest BCUT2D eigenvalue weighted by Gasteiger charge is -2.13. The van der Waals surface area contributed by atoms with Crippen LogP contribution in [0, 0.1) is 0 Å². The standard InChI is InChI=1S/C26H23Cl2N3O4S/c27-18-8-7-16(21(28)11-18)14-31-25(33)23(36-26(31)34)10-17-13-30(22-6-2-1-5-20(17)22)15-24(32)29-12-19-4-3-9-35-19/h1-2,5-8,10-11,13,19H,3-4,9,12,14-15H2,(H,29,32)/b23-10-/t19-/m1/s1. The van der Waals surface area contributed by atoms with Crippen molar-refractivity contribution in [1.29, 1.82) is 0 Å². The second-order valence-corrected chi connectivity index (χ2v) is 10.5. The fourth-order valence-corrected chi connectivity index (χ4v) is 5.66. The van der Waals surface area contributed by atoms with Crippen LogP contribution in [0.4, 0.5) is 4.79 Å². The fourth-order valence-electron chi connectivity index (χ4n) is 4.36. The molecule has 0 unspecified atom stereocenters. The van der Waals surface area contributed by atoms with E-state index in [-0.39, 0.29) is 36.2 Å². The second kappa shape index (κ2) is 10.7. The van der Waals surface area contributed by atoms with Crippen LogP contribution in [0.3, 0.4) is 0 Å². The average Bonchev–Trinajstić information content (AvgIpc) is 3.56. The molecule has 2 aliphatic rings. The number of hydrogen-bond donors (Lipinski definition) is 1. The van der Waals surface area contributed by atoms with Crippen LogP contribution in [-0.4, -0.2) is 45.8 Å². The molecule has 2 aromatic carbocycles. The molecule has 1 atom stereocenters. The quantitative estimate of drug-likeness (QED) is 0.399. The Morgan fingerprint density at radius 1 is 1.19 bits per heavy atom. The molecule has 2 saturated heterocycles. The predicted molar refractivity (Wildman–Crippen MR) is 142 cm³/mol. The molecule has 1 aromatic heterocycles. The Hall–Kier alpha value is -2.78. The van der Waals surface area contributed by atoms with Crippen LogP contribution in [0.25, 0.3) is 17.0 Å². The first kappa shape index (κ1) is 24.9. The molecule has 3 amide bonds. The first-order chi connectivity index (χ1) is 17.4. The number of carbonyl (C=O) groups excluding carboxylic acids is 3. The molecule has 186 valence electrons. The van der Waals surface area contributed by atoms with Crippen LogP contribution >= 0.6 is 35.0 Å². The number of nitrogens with zero attached hydrogens (tertiary/aromatic N) is 2. The number of imide groups is 1. The topological polar surface area (TPSA) is 80.6 Å². The van der Waals surface area contributed by atoms with Gasteiger partial charge in [-0.15, -0.1) is 0 Å². The van der Waals surface area contributed by atoms with Crippen molar-refractivity contribution in [3.8, 4) is 0 Å². The van der Waals surface area contributed by atoms with Gasteiger partial charge in [0, 0.05) is 45.9 Å². The van der Waals surface area contributed by atoms with Crippen molar-refractivity contribution >= 4 is 69.0 Å². The highest BCUT2D eigenvalue weighted by molar-refractivity contribution is 8.18. The molecule has 2 fully saturated rings. The summed E-state index contributed by atoms with van der Waals surface area (Å²) in [7, 11) is 0. The number of amides is 3. The van der Waals surface area contributed by atoms with Crippen molar-refractivity contribution in [2.24, 2.45) is 0 Å². The zero-order chi connectivity index (χ0) is 25.2. The van der Waals surface area contributed by atoms with E-state index in [0.717, 1.165) is 47.7 Å². The minimum Gasteiger partial charge on any atom is -0.376 e. The Labute approximate surface area is 222 Å². The van der Waals surface area contributed by atoms with Crippen molar-refractivity contribution in [2.75, 3.05) is 13.2 Å². The van der Waals surface area contributed by atoms with Crippen LogP contribution in [0.5, 0.6) is 0 Å². The third-order valence-electron chi connectivity index (χ3n) is 6.19. The predicted octanol–water partition coefficient (Wildman–Crippen LogP) is 5.48. The van der Waals surface area contributed by atoms with E-state index in [1.165, 1.54) is 4.90 Å². The molecule has 3 heterocycles. The van der Waals surface area contributed by atoms with Gasteiger partial charge in [0.05, 0.1) is 17.6 Å². The Morgan fingerprint density at radius 3 is 2.81 bits per heavy atom. The zero-order valence-corrected chi connectivity index (χ0v) is 21.5.